The van der Waals surface area contributed by atoms with Gasteiger partial charge < -0.3 is 14.8 Å². The average molecular weight is 538 g/mol. The zero-order valence-electron chi connectivity index (χ0n) is 20.8. The van der Waals surface area contributed by atoms with Crippen molar-refractivity contribution < 1.29 is 4.79 Å². The van der Waals surface area contributed by atoms with E-state index in [1.807, 2.05) is 43.0 Å². The van der Waals surface area contributed by atoms with E-state index >= 15 is 0 Å². The third kappa shape index (κ3) is 5.12. The number of aromatic nitrogens is 3. The molecule has 8 nitrogen and oxygen atoms in total. The molecule has 192 valence electrons. The van der Waals surface area contributed by atoms with Crippen molar-refractivity contribution in [2.45, 2.75) is 39.9 Å². The molecule has 1 aliphatic rings. The fraction of sp³-hybridized carbons (Fsp3) is 0.333. The lowest BCUT2D eigenvalue weighted by atomic mass is 9.95. The van der Waals surface area contributed by atoms with Gasteiger partial charge in [-0.15, -0.1) is 11.3 Å². The molecule has 0 unspecified atom stereocenters. The molecular formula is C27H28ClN5O3S. The van der Waals surface area contributed by atoms with Gasteiger partial charge in [0.2, 0.25) is 5.91 Å². The number of benzene rings is 1. The molecule has 37 heavy (non-hydrogen) atoms. The summed E-state index contributed by atoms with van der Waals surface area (Å²) in [5.74, 6) is 0.0853. The Morgan fingerprint density at radius 3 is 2.76 bits per heavy atom. The first-order valence-electron chi connectivity index (χ1n) is 12.3. The molecule has 0 saturated carbocycles. The van der Waals surface area contributed by atoms with Crippen molar-refractivity contribution in [2.75, 3.05) is 19.6 Å². The van der Waals surface area contributed by atoms with E-state index in [0.717, 1.165) is 50.3 Å². The van der Waals surface area contributed by atoms with E-state index < -0.39 is 0 Å². The van der Waals surface area contributed by atoms with Crippen LogP contribution in [0.25, 0.3) is 21.3 Å². The van der Waals surface area contributed by atoms with E-state index in [1.165, 1.54) is 32.7 Å². The predicted octanol–water partition coefficient (Wildman–Crippen LogP) is 3.64. The van der Waals surface area contributed by atoms with Gasteiger partial charge in [-0.05, 0) is 67.8 Å². The molecule has 0 spiro atoms. The van der Waals surface area contributed by atoms with Gasteiger partial charge in [-0.2, -0.15) is 0 Å². The lowest BCUT2D eigenvalue weighted by Gasteiger charge is -2.24. The summed E-state index contributed by atoms with van der Waals surface area (Å²) in [7, 11) is 0. The summed E-state index contributed by atoms with van der Waals surface area (Å²) >= 11 is 8.03. The quantitative estimate of drug-likeness (QED) is 0.405. The number of aryl methyl sites for hydroxylation is 2. The number of carbonyl (C=O) groups is 1. The molecule has 1 aromatic carbocycles. The van der Waals surface area contributed by atoms with Gasteiger partial charge in [0, 0.05) is 53.6 Å². The van der Waals surface area contributed by atoms with E-state index in [2.05, 4.69) is 10.3 Å². The first-order valence-corrected chi connectivity index (χ1v) is 13.5. The first kappa shape index (κ1) is 25.4. The molecule has 3 aromatic heterocycles. The maximum absolute atomic E-state index is 12.8. The highest BCUT2D eigenvalue weighted by Gasteiger charge is 2.21. The van der Waals surface area contributed by atoms with Crippen molar-refractivity contribution in [3.8, 4) is 11.1 Å². The molecule has 4 heterocycles. The van der Waals surface area contributed by atoms with Crippen LogP contribution >= 0.6 is 22.9 Å². The summed E-state index contributed by atoms with van der Waals surface area (Å²) in [5.41, 5.74) is 4.12. The van der Waals surface area contributed by atoms with Crippen LogP contribution in [0.4, 0.5) is 0 Å². The Kier molecular flexibility index (Phi) is 7.28. The maximum atomic E-state index is 12.8. The third-order valence-corrected chi connectivity index (χ3v) is 8.11. The standard InChI is InChI=1S/C27H28ClN5O3S/c1-3-31-10-6-24(34)33(27(31)36)15-19-13-23-26(37-19)20(5-8-30-23)21-12-18(28)11-17(2)22(21)16-32-9-4-7-29-14-25(32)35/h5-6,8,10-13,29H,3-4,7,9,14-16H2,1-2H3. The number of nitrogens with zero attached hydrogens (tertiary/aromatic N) is 4. The van der Waals surface area contributed by atoms with Crippen LogP contribution in [0.15, 0.2) is 52.3 Å². The van der Waals surface area contributed by atoms with E-state index in [-0.39, 0.29) is 23.7 Å². The molecule has 4 aromatic rings. The summed E-state index contributed by atoms with van der Waals surface area (Å²) in [6, 6.07) is 9.18. The molecule has 1 saturated heterocycles. The van der Waals surface area contributed by atoms with Crippen LogP contribution < -0.4 is 16.6 Å². The molecule has 10 heteroatoms. The summed E-state index contributed by atoms with van der Waals surface area (Å²) in [4.78, 5) is 45.2. The van der Waals surface area contributed by atoms with Gasteiger partial charge in [0.15, 0.2) is 0 Å². The number of hydrogen-bond acceptors (Lipinski definition) is 6. The Labute approximate surface area is 223 Å². The Morgan fingerprint density at radius 1 is 1.11 bits per heavy atom. The number of amides is 1. The van der Waals surface area contributed by atoms with Gasteiger partial charge in [0.25, 0.3) is 5.56 Å². The average Bonchev–Trinajstić information content (AvgIpc) is 3.18. The number of hydrogen-bond donors (Lipinski definition) is 1. The maximum Gasteiger partial charge on any atom is 0.331 e. The monoisotopic (exact) mass is 537 g/mol. The lowest BCUT2D eigenvalue weighted by molar-refractivity contribution is -0.130. The summed E-state index contributed by atoms with van der Waals surface area (Å²) in [6.45, 7) is 6.91. The van der Waals surface area contributed by atoms with Gasteiger partial charge in [0.05, 0.1) is 23.3 Å². The lowest BCUT2D eigenvalue weighted by Crippen LogP contribution is -2.38. The topological polar surface area (TPSA) is 89.2 Å². The van der Waals surface area contributed by atoms with Crippen LogP contribution in [-0.4, -0.2) is 44.6 Å². The number of carbonyl (C=O) groups excluding carboxylic acids is 1. The predicted molar refractivity (Wildman–Crippen MR) is 147 cm³/mol. The summed E-state index contributed by atoms with van der Waals surface area (Å²) in [6.07, 6.45) is 4.19. The smallest absolute Gasteiger partial charge is 0.331 e. The fourth-order valence-corrected chi connectivity index (χ4v) is 6.19. The minimum absolute atomic E-state index is 0.0853. The van der Waals surface area contributed by atoms with E-state index in [9.17, 15) is 14.4 Å². The summed E-state index contributed by atoms with van der Waals surface area (Å²) < 4.78 is 3.71. The minimum atomic E-state index is -0.329. The van der Waals surface area contributed by atoms with Crippen molar-refractivity contribution in [3.63, 3.8) is 0 Å². The minimum Gasteiger partial charge on any atom is -0.337 e. The second-order valence-electron chi connectivity index (χ2n) is 9.19. The van der Waals surface area contributed by atoms with Crippen molar-refractivity contribution in [3.05, 3.63) is 84.6 Å². The summed E-state index contributed by atoms with van der Waals surface area (Å²) in [5, 5.41) is 3.80. The van der Waals surface area contributed by atoms with Gasteiger partial charge in [-0.1, -0.05) is 11.6 Å². The number of halogens is 1. The zero-order chi connectivity index (χ0) is 26.1. The molecule has 1 fully saturated rings. The zero-order valence-corrected chi connectivity index (χ0v) is 22.4. The molecule has 0 radical (unpaired) electrons. The molecule has 1 amide bonds. The second kappa shape index (κ2) is 10.6. The SMILES string of the molecule is CCn1ccc(=O)n(Cc2cc3nccc(-c4cc(Cl)cc(C)c4CN4CCCNCC4=O)c3s2)c1=O. The number of pyridine rings is 1. The number of thiophene rings is 1. The largest absolute Gasteiger partial charge is 0.337 e. The molecule has 0 bridgehead atoms. The van der Waals surface area contributed by atoms with Crippen molar-refractivity contribution in [1.29, 1.82) is 0 Å². The molecular weight excluding hydrogens is 510 g/mol. The van der Waals surface area contributed by atoms with E-state index in [4.69, 9.17) is 11.6 Å². The highest BCUT2D eigenvalue weighted by molar-refractivity contribution is 7.19. The highest BCUT2D eigenvalue weighted by atomic mass is 35.5. The number of fused-ring (bicyclic) bond motifs is 1. The van der Waals surface area contributed by atoms with Crippen LogP contribution in [0.5, 0.6) is 0 Å². The molecule has 1 N–H and O–H groups in total. The van der Waals surface area contributed by atoms with Crippen LogP contribution in [0.1, 0.15) is 29.3 Å². The van der Waals surface area contributed by atoms with Crippen LogP contribution in [0.3, 0.4) is 0 Å². The number of rotatable bonds is 6. The van der Waals surface area contributed by atoms with Crippen molar-refractivity contribution >= 4 is 39.1 Å². The Bertz CT molecular complexity index is 1610. The Hall–Kier alpha value is -3.27. The molecule has 5 rings (SSSR count). The highest BCUT2D eigenvalue weighted by Crippen LogP contribution is 2.38. The van der Waals surface area contributed by atoms with Gasteiger partial charge >= 0.3 is 5.69 Å². The molecule has 0 aliphatic carbocycles. The fourth-order valence-electron chi connectivity index (χ4n) is 4.78. The van der Waals surface area contributed by atoms with Crippen LogP contribution in [-0.2, 0) is 24.4 Å². The van der Waals surface area contributed by atoms with E-state index in [1.54, 1.807) is 6.20 Å². The third-order valence-electron chi connectivity index (χ3n) is 6.74. The van der Waals surface area contributed by atoms with Gasteiger partial charge in [-0.3, -0.25) is 19.1 Å². The molecule has 0 atom stereocenters. The Balaban J connectivity index is 1.58. The second-order valence-corrected chi connectivity index (χ2v) is 10.8. The first-order chi connectivity index (χ1) is 17.9. The van der Waals surface area contributed by atoms with Gasteiger partial charge in [0.1, 0.15) is 0 Å². The van der Waals surface area contributed by atoms with E-state index in [0.29, 0.717) is 31.2 Å². The Morgan fingerprint density at radius 2 is 1.95 bits per heavy atom. The van der Waals surface area contributed by atoms with Crippen LogP contribution in [0.2, 0.25) is 5.02 Å². The van der Waals surface area contributed by atoms with Crippen LogP contribution in [0, 0.1) is 6.92 Å². The van der Waals surface area contributed by atoms with Crippen molar-refractivity contribution in [2.24, 2.45) is 0 Å². The van der Waals surface area contributed by atoms with Crippen molar-refractivity contribution in [1.82, 2.24) is 24.3 Å². The normalized spacial score (nSPS) is 14.4. The van der Waals surface area contributed by atoms with Gasteiger partial charge in [-0.25, -0.2) is 4.79 Å². The molecule has 1 aliphatic heterocycles. The number of nitrogens with one attached hydrogen (secondary N) is 1.